The molecule has 21 heavy (non-hydrogen) atoms. The van der Waals surface area contributed by atoms with Crippen LogP contribution in [-0.4, -0.2) is 23.0 Å². The number of hydrogen-bond donors (Lipinski definition) is 2. The molecular formula is C15H19N5O. The number of para-hydroxylation sites is 1. The van der Waals surface area contributed by atoms with Gasteiger partial charge in [0.1, 0.15) is 5.75 Å². The third kappa shape index (κ3) is 4.17. The van der Waals surface area contributed by atoms with Gasteiger partial charge in [-0.25, -0.2) is 15.0 Å². The second kappa shape index (κ2) is 6.69. The third-order valence-corrected chi connectivity index (χ3v) is 2.83. The Hall–Kier alpha value is -2.63. The molecule has 0 aliphatic rings. The Bertz CT molecular complexity index is 634. The number of aliphatic imine (C=N–C) groups is 1. The maximum Gasteiger partial charge on any atom is 0.229 e. The van der Waals surface area contributed by atoms with Crippen molar-refractivity contribution in [1.29, 1.82) is 0 Å². The Morgan fingerprint density at radius 1 is 1.24 bits per heavy atom. The number of aryl methyl sites for hydroxylation is 2. The van der Waals surface area contributed by atoms with E-state index in [4.69, 9.17) is 10.5 Å². The highest BCUT2D eigenvalue weighted by Gasteiger charge is 2.03. The first-order valence-corrected chi connectivity index (χ1v) is 6.59. The SMILES string of the molecule is COc1ccccc1CN=C(N)Nc1nc(C)cc(C)n1. The number of aromatic nitrogens is 2. The Labute approximate surface area is 124 Å². The van der Waals surface area contributed by atoms with Crippen molar-refractivity contribution in [1.82, 2.24) is 9.97 Å². The molecule has 0 atom stereocenters. The highest BCUT2D eigenvalue weighted by atomic mass is 16.5. The highest BCUT2D eigenvalue weighted by molar-refractivity contribution is 5.90. The van der Waals surface area contributed by atoms with E-state index in [9.17, 15) is 0 Å². The number of anilines is 1. The van der Waals surface area contributed by atoms with Gasteiger partial charge in [0.25, 0.3) is 0 Å². The minimum Gasteiger partial charge on any atom is -0.496 e. The number of rotatable bonds is 4. The van der Waals surface area contributed by atoms with Crippen LogP contribution in [0.5, 0.6) is 5.75 Å². The van der Waals surface area contributed by atoms with E-state index < -0.39 is 0 Å². The quantitative estimate of drug-likeness (QED) is 0.663. The van der Waals surface area contributed by atoms with Crippen LogP contribution in [0.4, 0.5) is 5.95 Å². The van der Waals surface area contributed by atoms with Crippen molar-refractivity contribution in [2.45, 2.75) is 20.4 Å². The lowest BCUT2D eigenvalue weighted by atomic mass is 10.2. The topological polar surface area (TPSA) is 85.4 Å². The van der Waals surface area contributed by atoms with Gasteiger partial charge in [-0.15, -0.1) is 0 Å². The molecule has 0 fully saturated rings. The average Bonchev–Trinajstić information content (AvgIpc) is 2.44. The molecule has 0 radical (unpaired) electrons. The molecule has 6 nitrogen and oxygen atoms in total. The van der Waals surface area contributed by atoms with E-state index in [1.807, 2.05) is 44.2 Å². The molecule has 1 heterocycles. The van der Waals surface area contributed by atoms with E-state index >= 15 is 0 Å². The normalized spacial score (nSPS) is 11.3. The summed E-state index contributed by atoms with van der Waals surface area (Å²) in [6, 6.07) is 9.58. The first-order chi connectivity index (χ1) is 10.1. The molecule has 0 aliphatic heterocycles. The lowest BCUT2D eigenvalue weighted by molar-refractivity contribution is 0.410. The van der Waals surface area contributed by atoms with E-state index in [-0.39, 0.29) is 5.96 Å². The summed E-state index contributed by atoms with van der Waals surface area (Å²) in [5.74, 6) is 1.51. The van der Waals surface area contributed by atoms with Gasteiger partial charge >= 0.3 is 0 Å². The molecule has 110 valence electrons. The van der Waals surface area contributed by atoms with Crippen molar-refractivity contribution in [2.75, 3.05) is 12.4 Å². The largest absolute Gasteiger partial charge is 0.496 e. The summed E-state index contributed by atoms with van der Waals surface area (Å²) in [5, 5.41) is 2.90. The summed E-state index contributed by atoms with van der Waals surface area (Å²) in [6.07, 6.45) is 0. The number of methoxy groups -OCH3 is 1. The van der Waals surface area contributed by atoms with Crippen LogP contribution in [0, 0.1) is 13.8 Å². The molecule has 2 rings (SSSR count). The van der Waals surface area contributed by atoms with Crippen LogP contribution in [0.3, 0.4) is 0 Å². The fourth-order valence-electron chi connectivity index (χ4n) is 1.94. The van der Waals surface area contributed by atoms with Gasteiger partial charge in [-0.2, -0.15) is 0 Å². The van der Waals surface area contributed by atoms with Gasteiger partial charge in [0.15, 0.2) is 5.96 Å². The van der Waals surface area contributed by atoms with Gasteiger partial charge in [-0.05, 0) is 26.0 Å². The van der Waals surface area contributed by atoms with E-state index in [2.05, 4.69) is 20.3 Å². The Kier molecular flexibility index (Phi) is 4.71. The lowest BCUT2D eigenvalue weighted by Gasteiger charge is -2.07. The molecular weight excluding hydrogens is 266 g/mol. The van der Waals surface area contributed by atoms with E-state index in [0.717, 1.165) is 22.7 Å². The van der Waals surface area contributed by atoms with Crippen molar-refractivity contribution in [3.63, 3.8) is 0 Å². The molecule has 0 spiro atoms. The summed E-state index contributed by atoms with van der Waals surface area (Å²) >= 11 is 0. The van der Waals surface area contributed by atoms with Crippen LogP contribution in [0.25, 0.3) is 0 Å². The summed E-state index contributed by atoms with van der Waals surface area (Å²) in [6.45, 7) is 4.23. The van der Waals surface area contributed by atoms with Crippen molar-refractivity contribution < 1.29 is 4.74 Å². The number of guanidine groups is 1. The van der Waals surface area contributed by atoms with E-state index in [0.29, 0.717) is 12.5 Å². The Morgan fingerprint density at radius 2 is 1.90 bits per heavy atom. The van der Waals surface area contributed by atoms with E-state index in [1.54, 1.807) is 7.11 Å². The fourth-order valence-corrected chi connectivity index (χ4v) is 1.94. The zero-order valence-electron chi connectivity index (χ0n) is 12.4. The first kappa shape index (κ1) is 14.8. The maximum absolute atomic E-state index is 5.86. The predicted octanol–water partition coefficient (Wildman–Crippen LogP) is 2.03. The lowest BCUT2D eigenvalue weighted by Crippen LogP contribution is -2.24. The molecule has 0 aliphatic carbocycles. The van der Waals surface area contributed by atoms with Crippen molar-refractivity contribution in [3.05, 3.63) is 47.3 Å². The standard InChI is InChI=1S/C15H19N5O/c1-10-8-11(2)19-15(18-10)20-14(16)17-9-12-6-4-5-7-13(12)21-3/h4-8H,9H2,1-3H3,(H3,16,17,18,19,20). The van der Waals surface area contributed by atoms with Gasteiger partial charge in [0.05, 0.1) is 13.7 Å². The minimum absolute atomic E-state index is 0.269. The number of ether oxygens (including phenoxy) is 1. The van der Waals surface area contributed by atoms with Gasteiger partial charge in [-0.3, -0.25) is 5.32 Å². The molecule has 0 bridgehead atoms. The zero-order chi connectivity index (χ0) is 15.2. The molecule has 0 unspecified atom stereocenters. The van der Waals surface area contributed by atoms with Crippen LogP contribution in [0.1, 0.15) is 17.0 Å². The van der Waals surface area contributed by atoms with Gasteiger partial charge in [0, 0.05) is 17.0 Å². The van der Waals surface area contributed by atoms with Gasteiger partial charge < -0.3 is 10.5 Å². The van der Waals surface area contributed by atoms with Crippen molar-refractivity contribution >= 4 is 11.9 Å². The molecule has 0 saturated carbocycles. The molecule has 0 amide bonds. The van der Waals surface area contributed by atoms with Gasteiger partial charge in [0.2, 0.25) is 5.95 Å². The molecule has 1 aromatic heterocycles. The second-order valence-electron chi connectivity index (χ2n) is 4.61. The first-order valence-electron chi connectivity index (χ1n) is 6.59. The summed E-state index contributed by atoms with van der Waals surface area (Å²) in [5.41, 5.74) is 8.58. The summed E-state index contributed by atoms with van der Waals surface area (Å²) < 4.78 is 5.27. The van der Waals surface area contributed by atoms with Crippen LogP contribution in [0.15, 0.2) is 35.3 Å². The van der Waals surface area contributed by atoms with Crippen molar-refractivity contribution in [2.24, 2.45) is 10.7 Å². The number of nitrogens with one attached hydrogen (secondary N) is 1. The molecule has 2 aromatic rings. The molecule has 1 aromatic carbocycles. The number of nitrogens with two attached hydrogens (primary N) is 1. The number of hydrogen-bond acceptors (Lipinski definition) is 4. The number of benzene rings is 1. The smallest absolute Gasteiger partial charge is 0.229 e. The zero-order valence-corrected chi connectivity index (χ0v) is 12.4. The second-order valence-corrected chi connectivity index (χ2v) is 4.61. The van der Waals surface area contributed by atoms with Crippen LogP contribution in [0.2, 0.25) is 0 Å². The monoisotopic (exact) mass is 285 g/mol. The molecule has 6 heteroatoms. The van der Waals surface area contributed by atoms with E-state index in [1.165, 1.54) is 0 Å². The minimum atomic E-state index is 0.269. The highest BCUT2D eigenvalue weighted by Crippen LogP contribution is 2.17. The number of nitrogens with zero attached hydrogens (tertiary/aromatic N) is 3. The average molecular weight is 285 g/mol. The van der Waals surface area contributed by atoms with Gasteiger partial charge in [-0.1, -0.05) is 18.2 Å². The Balaban J connectivity index is 2.07. The third-order valence-electron chi connectivity index (χ3n) is 2.83. The van der Waals surface area contributed by atoms with Crippen LogP contribution in [-0.2, 0) is 6.54 Å². The molecule has 0 saturated heterocycles. The summed E-state index contributed by atoms with van der Waals surface area (Å²) in [7, 11) is 1.63. The fraction of sp³-hybridized carbons (Fsp3) is 0.267. The predicted molar refractivity (Wildman–Crippen MR) is 83.4 cm³/mol. The van der Waals surface area contributed by atoms with Crippen LogP contribution >= 0.6 is 0 Å². The Morgan fingerprint density at radius 3 is 2.57 bits per heavy atom. The van der Waals surface area contributed by atoms with Crippen molar-refractivity contribution in [3.8, 4) is 5.75 Å². The van der Waals surface area contributed by atoms with Crippen LogP contribution < -0.4 is 15.8 Å². The maximum atomic E-state index is 5.86. The molecule has 3 N–H and O–H groups in total. The summed E-state index contributed by atoms with van der Waals surface area (Å²) in [4.78, 5) is 12.8.